The van der Waals surface area contributed by atoms with Gasteiger partial charge in [-0.15, -0.1) is 10.2 Å². The van der Waals surface area contributed by atoms with Gasteiger partial charge in [-0.1, -0.05) is 5.21 Å². The van der Waals surface area contributed by atoms with Crippen LogP contribution < -0.4 is 5.32 Å². The minimum absolute atomic E-state index is 0.172. The van der Waals surface area contributed by atoms with Gasteiger partial charge in [0.05, 0.1) is 6.54 Å². The number of carbonyl (C=O) groups is 1. The standard InChI is InChI=1S/C13H12N6O/c20-13(14-9-12-15-17-18-16-12)10-3-5-11(6-4-10)19-7-1-2-8-19/h1-8H,9H2,(H,14,20)(H,15,16,17,18). The normalized spacial score (nSPS) is 10.4. The van der Waals surface area contributed by atoms with Crippen LogP contribution in [0, 0.1) is 0 Å². The summed E-state index contributed by atoms with van der Waals surface area (Å²) in [5.74, 6) is 0.274. The third-order valence-corrected chi connectivity index (χ3v) is 2.83. The number of amides is 1. The van der Waals surface area contributed by atoms with Crippen LogP contribution in [0.25, 0.3) is 5.69 Å². The molecular formula is C13H12N6O. The van der Waals surface area contributed by atoms with Crippen LogP contribution in [0.5, 0.6) is 0 Å². The smallest absolute Gasteiger partial charge is 0.251 e. The van der Waals surface area contributed by atoms with Gasteiger partial charge in [0.15, 0.2) is 5.82 Å². The first-order valence-electron chi connectivity index (χ1n) is 6.07. The fraction of sp³-hybridized carbons (Fsp3) is 0.0769. The van der Waals surface area contributed by atoms with Crippen LogP contribution in [0.4, 0.5) is 0 Å². The van der Waals surface area contributed by atoms with Crippen molar-refractivity contribution in [3.05, 3.63) is 60.2 Å². The number of benzene rings is 1. The Kier molecular flexibility index (Phi) is 3.24. The topological polar surface area (TPSA) is 88.5 Å². The molecule has 2 heterocycles. The number of H-pyrrole nitrogens is 1. The van der Waals surface area contributed by atoms with Crippen molar-refractivity contribution >= 4 is 5.91 Å². The summed E-state index contributed by atoms with van der Waals surface area (Å²) in [6.45, 7) is 0.245. The monoisotopic (exact) mass is 268 g/mol. The van der Waals surface area contributed by atoms with Gasteiger partial charge in [0.25, 0.3) is 5.91 Å². The molecule has 0 saturated carbocycles. The van der Waals surface area contributed by atoms with E-state index >= 15 is 0 Å². The second-order valence-electron chi connectivity index (χ2n) is 4.15. The molecule has 0 bridgehead atoms. The Bertz CT molecular complexity index is 672. The molecule has 3 rings (SSSR count). The molecule has 0 spiro atoms. The van der Waals surface area contributed by atoms with Crippen LogP contribution in [0.3, 0.4) is 0 Å². The van der Waals surface area contributed by atoms with Crippen LogP contribution >= 0.6 is 0 Å². The van der Waals surface area contributed by atoms with Crippen LogP contribution in [0.2, 0.25) is 0 Å². The Balaban J connectivity index is 1.66. The zero-order valence-electron chi connectivity index (χ0n) is 10.5. The Morgan fingerprint density at radius 1 is 1.20 bits per heavy atom. The molecule has 2 N–H and O–H groups in total. The van der Waals surface area contributed by atoms with Crippen molar-refractivity contribution in [2.75, 3.05) is 0 Å². The molecule has 7 nitrogen and oxygen atoms in total. The van der Waals surface area contributed by atoms with Crippen LogP contribution in [0.1, 0.15) is 16.2 Å². The van der Waals surface area contributed by atoms with Crippen LogP contribution in [-0.2, 0) is 6.54 Å². The second kappa shape index (κ2) is 5.35. The molecule has 0 aliphatic carbocycles. The van der Waals surface area contributed by atoms with Crippen molar-refractivity contribution in [3.8, 4) is 5.69 Å². The van der Waals surface area contributed by atoms with E-state index in [1.54, 1.807) is 12.1 Å². The average molecular weight is 268 g/mol. The van der Waals surface area contributed by atoms with E-state index in [0.717, 1.165) is 5.69 Å². The van der Waals surface area contributed by atoms with Crippen LogP contribution in [0.15, 0.2) is 48.8 Å². The zero-order chi connectivity index (χ0) is 13.8. The van der Waals surface area contributed by atoms with Crippen molar-refractivity contribution in [1.82, 2.24) is 30.5 Å². The van der Waals surface area contributed by atoms with E-state index in [2.05, 4.69) is 25.9 Å². The SMILES string of the molecule is O=C(NCc1nn[nH]n1)c1ccc(-n2cccc2)cc1. The van der Waals surface area contributed by atoms with Gasteiger partial charge < -0.3 is 9.88 Å². The number of aromatic nitrogens is 5. The highest BCUT2D eigenvalue weighted by Gasteiger charge is 2.07. The Morgan fingerprint density at radius 3 is 2.60 bits per heavy atom. The molecule has 0 radical (unpaired) electrons. The van der Waals surface area contributed by atoms with Crippen molar-refractivity contribution < 1.29 is 4.79 Å². The summed E-state index contributed by atoms with van der Waals surface area (Å²) in [5.41, 5.74) is 1.59. The fourth-order valence-corrected chi connectivity index (χ4v) is 1.81. The first-order chi connectivity index (χ1) is 9.83. The van der Waals surface area contributed by atoms with E-state index in [9.17, 15) is 4.79 Å². The zero-order valence-corrected chi connectivity index (χ0v) is 10.5. The molecule has 0 fully saturated rings. The molecule has 3 aromatic rings. The van der Waals surface area contributed by atoms with Gasteiger partial charge in [-0.2, -0.15) is 5.21 Å². The minimum Gasteiger partial charge on any atom is -0.345 e. The summed E-state index contributed by atoms with van der Waals surface area (Å²) >= 11 is 0. The summed E-state index contributed by atoms with van der Waals surface area (Å²) in [5, 5.41) is 16.0. The third-order valence-electron chi connectivity index (χ3n) is 2.83. The van der Waals surface area contributed by atoms with E-state index in [1.165, 1.54) is 0 Å². The Morgan fingerprint density at radius 2 is 1.95 bits per heavy atom. The van der Waals surface area contributed by atoms with E-state index in [4.69, 9.17) is 0 Å². The highest BCUT2D eigenvalue weighted by molar-refractivity contribution is 5.94. The minimum atomic E-state index is -0.172. The molecule has 1 aromatic carbocycles. The van der Waals surface area contributed by atoms with Gasteiger partial charge in [0.1, 0.15) is 0 Å². The highest BCUT2D eigenvalue weighted by Crippen LogP contribution is 2.10. The molecule has 20 heavy (non-hydrogen) atoms. The van der Waals surface area contributed by atoms with Gasteiger partial charge in [-0.05, 0) is 36.4 Å². The average Bonchev–Trinajstić information content (AvgIpc) is 3.18. The number of carbonyl (C=O) groups excluding carboxylic acids is 1. The van der Waals surface area contributed by atoms with Crippen molar-refractivity contribution in [2.45, 2.75) is 6.54 Å². The molecule has 0 aliphatic heterocycles. The summed E-state index contributed by atoms with van der Waals surface area (Å²) in [4.78, 5) is 11.9. The van der Waals surface area contributed by atoms with Crippen molar-refractivity contribution in [1.29, 1.82) is 0 Å². The summed E-state index contributed by atoms with van der Waals surface area (Å²) in [7, 11) is 0. The molecule has 1 amide bonds. The van der Waals surface area contributed by atoms with E-state index < -0.39 is 0 Å². The molecule has 0 atom stereocenters. The van der Waals surface area contributed by atoms with E-state index in [0.29, 0.717) is 11.4 Å². The lowest BCUT2D eigenvalue weighted by Crippen LogP contribution is -2.23. The maximum Gasteiger partial charge on any atom is 0.251 e. The van der Waals surface area contributed by atoms with Crippen LogP contribution in [-0.4, -0.2) is 31.1 Å². The largest absolute Gasteiger partial charge is 0.345 e. The van der Waals surface area contributed by atoms with E-state index in [-0.39, 0.29) is 12.5 Å². The summed E-state index contributed by atoms with van der Waals surface area (Å²) in [6.07, 6.45) is 3.90. The highest BCUT2D eigenvalue weighted by atomic mass is 16.1. The molecular weight excluding hydrogens is 256 g/mol. The maximum atomic E-state index is 11.9. The lowest BCUT2D eigenvalue weighted by Gasteiger charge is -2.05. The summed E-state index contributed by atoms with van der Waals surface area (Å²) < 4.78 is 1.97. The molecule has 0 saturated heterocycles. The number of hydrogen-bond donors (Lipinski definition) is 2. The number of nitrogens with one attached hydrogen (secondary N) is 2. The summed E-state index contributed by atoms with van der Waals surface area (Å²) in [6, 6.07) is 11.2. The number of aromatic amines is 1. The van der Waals surface area contributed by atoms with Crippen molar-refractivity contribution in [2.24, 2.45) is 0 Å². The first kappa shape index (κ1) is 12.1. The van der Waals surface area contributed by atoms with E-state index in [1.807, 2.05) is 41.2 Å². The number of nitrogens with zero attached hydrogens (tertiary/aromatic N) is 4. The molecule has 7 heteroatoms. The second-order valence-corrected chi connectivity index (χ2v) is 4.15. The molecule has 0 aliphatic rings. The lowest BCUT2D eigenvalue weighted by molar-refractivity contribution is 0.0950. The first-order valence-corrected chi connectivity index (χ1v) is 6.07. The van der Waals surface area contributed by atoms with Gasteiger partial charge in [-0.25, -0.2) is 0 Å². The molecule has 100 valence electrons. The van der Waals surface area contributed by atoms with Gasteiger partial charge >= 0.3 is 0 Å². The molecule has 0 unspecified atom stereocenters. The predicted octanol–water partition coefficient (Wildman–Crippen LogP) is 0.920. The predicted molar refractivity (Wildman–Crippen MR) is 71.1 cm³/mol. The molecule has 2 aromatic heterocycles. The Labute approximate surface area is 114 Å². The number of hydrogen-bond acceptors (Lipinski definition) is 4. The lowest BCUT2D eigenvalue weighted by atomic mass is 10.2. The Hall–Kier alpha value is -2.96. The number of rotatable bonds is 4. The van der Waals surface area contributed by atoms with Gasteiger partial charge in [0, 0.05) is 23.6 Å². The fourth-order valence-electron chi connectivity index (χ4n) is 1.81. The van der Waals surface area contributed by atoms with Crippen molar-refractivity contribution in [3.63, 3.8) is 0 Å². The van der Waals surface area contributed by atoms with Gasteiger partial charge in [0.2, 0.25) is 0 Å². The quantitative estimate of drug-likeness (QED) is 0.736. The third kappa shape index (κ3) is 2.56. The number of tetrazole rings is 1. The van der Waals surface area contributed by atoms with Gasteiger partial charge in [-0.3, -0.25) is 4.79 Å². The maximum absolute atomic E-state index is 11.9.